The zero-order valence-electron chi connectivity index (χ0n) is 13.8. The Morgan fingerprint density at radius 3 is 2.67 bits per heavy atom. The number of carbonyl (C=O) groups is 1. The minimum absolute atomic E-state index is 0.0117. The van der Waals surface area contributed by atoms with E-state index < -0.39 is 12.3 Å². The third-order valence-electron chi connectivity index (χ3n) is 5.17. The molecule has 2 fully saturated rings. The van der Waals surface area contributed by atoms with Crippen LogP contribution in [0.2, 0.25) is 0 Å². The van der Waals surface area contributed by atoms with Crippen LogP contribution in [0.1, 0.15) is 31.2 Å². The number of β-amino-alcohol motifs (C(OH)–C–C–N with tert-alkyl or cyclic N) is 1. The quantitative estimate of drug-likeness (QED) is 0.767. The van der Waals surface area contributed by atoms with Gasteiger partial charge in [-0.15, -0.1) is 0 Å². The van der Waals surface area contributed by atoms with Crippen molar-refractivity contribution in [1.29, 1.82) is 0 Å². The molecule has 1 aliphatic heterocycles. The van der Waals surface area contributed by atoms with Gasteiger partial charge in [-0.1, -0.05) is 25.0 Å². The fourth-order valence-corrected chi connectivity index (χ4v) is 3.79. The second kappa shape index (κ2) is 7.59. The summed E-state index contributed by atoms with van der Waals surface area (Å²) in [6, 6.07) is 5.77. The van der Waals surface area contributed by atoms with Gasteiger partial charge in [-0.25, -0.2) is 4.39 Å². The molecule has 6 heteroatoms. The lowest BCUT2D eigenvalue weighted by Gasteiger charge is -2.40. The van der Waals surface area contributed by atoms with E-state index in [4.69, 9.17) is 5.73 Å². The van der Waals surface area contributed by atoms with E-state index in [9.17, 15) is 14.3 Å². The topological polar surface area (TPSA) is 78.6 Å². The Kier molecular flexibility index (Phi) is 5.48. The number of hydrogen-bond donors (Lipinski definition) is 3. The Bertz CT molecular complexity index is 566. The number of benzene rings is 1. The van der Waals surface area contributed by atoms with Gasteiger partial charge in [-0.3, -0.25) is 10.1 Å². The molecule has 1 amide bonds. The number of nitrogens with two attached hydrogens (primary N) is 1. The summed E-state index contributed by atoms with van der Waals surface area (Å²) < 4.78 is 13.0. The van der Waals surface area contributed by atoms with Crippen LogP contribution >= 0.6 is 0 Å². The Balaban J connectivity index is 1.65. The van der Waals surface area contributed by atoms with Crippen LogP contribution in [-0.4, -0.2) is 47.3 Å². The predicted molar refractivity (Wildman–Crippen MR) is 89.5 cm³/mol. The molecule has 0 spiro atoms. The first-order chi connectivity index (χ1) is 11.5. The first kappa shape index (κ1) is 17.3. The van der Waals surface area contributed by atoms with Gasteiger partial charge in [0.1, 0.15) is 12.0 Å². The minimum atomic E-state index is -0.743. The highest BCUT2D eigenvalue weighted by Gasteiger charge is 2.35. The van der Waals surface area contributed by atoms with Crippen LogP contribution in [-0.2, 0) is 11.2 Å². The number of carbonyl (C=O) groups excluding carboxylic acids is 1. The molecular weight excluding hydrogens is 309 g/mol. The minimum Gasteiger partial charge on any atom is -0.377 e. The molecule has 0 radical (unpaired) electrons. The van der Waals surface area contributed by atoms with Crippen molar-refractivity contribution in [2.24, 2.45) is 11.7 Å². The summed E-state index contributed by atoms with van der Waals surface area (Å²) >= 11 is 0. The maximum Gasteiger partial charge on any atom is 0.240 e. The van der Waals surface area contributed by atoms with Crippen molar-refractivity contribution in [3.8, 4) is 0 Å². The highest BCUT2D eigenvalue weighted by atomic mass is 19.1. The van der Waals surface area contributed by atoms with Crippen LogP contribution in [0.15, 0.2) is 24.3 Å². The van der Waals surface area contributed by atoms with E-state index in [-0.39, 0.29) is 17.8 Å². The highest BCUT2D eigenvalue weighted by Crippen LogP contribution is 2.25. The monoisotopic (exact) mass is 335 g/mol. The fraction of sp³-hybridized carbons (Fsp3) is 0.611. The predicted octanol–water partition coefficient (Wildman–Crippen LogP) is 1.00. The Labute approximate surface area is 142 Å². The number of halogens is 1. The molecular formula is C18H26FN3O2. The number of nitrogens with zero attached hydrogens (tertiary/aromatic N) is 1. The normalized spacial score (nSPS) is 31.3. The number of nitrogens with one attached hydrogen (secondary N) is 1. The summed E-state index contributed by atoms with van der Waals surface area (Å²) in [5, 5.41) is 13.0. The van der Waals surface area contributed by atoms with E-state index in [1.165, 1.54) is 12.1 Å². The van der Waals surface area contributed by atoms with Crippen LogP contribution in [0, 0.1) is 11.7 Å². The average molecular weight is 335 g/mol. The van der Waals surface area contributed by atoms with Crippen LogP contribution in [0.5, 0.6) is 0 Å². The summed E-state index contributed by atoms with van der Waals surface area (Å²) in [5.41, 5.74) is 7.06. The molecule has 1 aromatic carbocycles. The summed E-state index contributed by atoms with van der Waals surface area (Å²) in [6.07, 6.45) is 4.05. The molecule has 3 rings (SSSR count). The lowest BCUT2D eigenvalue weighted by molar-refractivity contribution is -0.142. The second-order valence-corrected chi connectivity index (χ2v) is 7.02. The van der Waals surface area contributed by atoms with Gasteiger partial charge in [0, 0.05) is 12.6 Å². The molecule has 1 saturated carbocycles. The highest BCUT2D eigenvalue weighted by molar-refractivity contribution is 5.83. The molecule has 5 nitrogen and oxygen atoms in total. The second-order valence-electron chi connectivity index (χ2n) is 7.02. The zero-order chi connectivity index (χ0) is 17.1. The molecule has 1 aliphatic carbocycles. The number of rotatable bonds is 4. The molecule has 2 aliphatic rings. The van der Waals surface area contributed by atoms with Crippen LogP contribution in [0.25, 0.3) is 0 Å². The zero-order valence-corrected chi connectivity index (χ0v) is 13.8. The van der Waals surface area contributed by atoms with Gasteiger partial charge in [-0.2, -0.15) is 0 Å². The Hall–Kier alpha value is -1.50. The molecule has 4 N–H and O–H groups in total. The Morgan fingerprint density at radius 2 is 1.96 bits per heavy atom. The first-order valence-electron chi connectivity index (χ1n) is 8.76. The molecule has 1 aromatic rings. The smallest absolute Gasteiger partial charge is 0.240 e. The van der Waals surface area contributed by atoms with E-state index in [0.717, 1.165) is 31.2 Å². The van der Waals surface area contributed by atoms with Gasteiger partial charge >= 0.3 is 0 Å². The maximum absolute atomic E-state index is 13.0. The first-order valence-corrected chi connectivity index (χ1v) is 8.76. The summed E-state index contributed by atoms with van der Waals surface area (Å²) in [6.45, 7) is 0.903. The number of hydrogen-bond acceptors (Lipinski definition) is 4. The molecule has 0 bridgehead atoms. The number of aliphatic hydroxyl groups is 1. The van der Waals surface area contributed by atoms with E-state index in [1.54, 1.807) is 17.0 Å². The number of amides is 1. The molecule has 24 heavy (non-hydrogen) atoms. The van der Waals surface area contributed by atoms with Gasteiger partial charge in [0.05, 0.1) is 12.6 Å². The van der Waals surface area contributed by atoms with Gasteiger partial charge in [-0.05, 0) is 42.9 Å². The van der Waals surface area contributed by atoms with Crippen LogP contribution < -0.4 is 11.1 Å². The SMILES string of the molecule is N[C@@H]1CCCC[C@H]1CN1CC(O)N[C@@H](Cc2ccc(F)cc2)C1=O. The van der Waals surface area contributed by atoms with Crippen molar-refractivity contribution in [3.63, 3.8) is 0 Å². The third kappa shape index (κ3) is 4.12. The lowest BCUT2D eigenvalue weighted by Crippen LogP contribution is -2.62. The standard InChI is InChI=1S/C18H26FN3O2/c19-14-7-5-12(6-8-14)9-16-18(24)22(11-17(23)21-16)10-13-3-1-2-4-15(13)20/h5-8,13,15-17,21,23H,1-4,9-11,20H2/t13-,15+,16-,17?/m0/s1. The fourth-order valence-electron chi connectivity index (χ4n) is 3.79. The summed E-state index contributed by atoms with van der Waals surface area (Å²) in [7, 11) is 0. The van der Waals surface area contributed by atoms with Crippen molar-refractivity contribution in [2.45, 2.75) is 50.4 Å². The molecule has 0 aromatic heterocycles. The Morgan fingerprint density at radius 1 is 1.25 bits per heavy atom. The molecule has 1 unspecified atom stereocenters. The van der Waals surface area contributed by atoms with E-state index in [2.05, 4.69) is 5.32 Å². The van der Waals surface area contributed by atoms with Gasteiger partial charge < -0.3 is 15.7 Å². The largest absolute Gasteiger partial charge is 0.377 e. The van der Waals surface area contributed by atoms with Crippen molar-refractivity contribution in [1.82, 2.24) is 10.2 Å². The molecule has 1 saturated heterocycles. The van der Waals surface area contributed by atoms with Gasteiger partial charge in [0.25, 0.3) is 0 Å². The van der Waals surface area contributed by atoms with Crippen molar-refractivity contribution < 1.29 is 14.3 Å². The molecule has 1 heterocycles. The average Bonchev–Trinajstić information content (AvgIpc) is 2.56. The lowest BCUT2D eigenvalue weighted by atomic mass is 9.84. The van der Waals surface area contributed by atoms with Crippen molar-refractivity contribution >= 4 is 5.91 Å². The molecule has 4 atom stereocenters. The molecule has 132 valence electrons. The maximum atomic E-state index is 13.0. The van der Waals surface area contributed by atoms with E-state index in [1.807, 2.05) is 0 Å². The van der Waals surface area contributed by atoms with Crippen molar-refractivity contribution in [2.75, 3.05) is 13.1 Å². The number of aliphatic hydroxyl groups excluding tert-OH is 1. The van der Waals surface area contributed by atoms with Crippen LogP contribution in [0.3, 0.4) is 0 Å². The summed E-state index contributed by atoms with van der Waals surface area (Å²) in [5.74, 6) is -0.00324. The van der Waals surface area contributed by atoms with E-state index >= 15 is 0 Å². The number of piperazine rings is 1. The third-order valence-corrected chi connectivity index (χ3v) is 5.17. The van der Waals surface area contributed by atoms with Crippen molar-refractivity contribution in [3.05, 3.63) is 35.6 Å². The summed E-state index contributed by atoms with van der Waals surface area (Å²) in [4.78, 5) is 14.5. The van der Waals surface area contributed by atoms with Gasteiger partial charge in [0.2, 0.25) is 5.91 Å². The van der Waals surface area contributed by atoms with E-state index in [0.29, 0.717) is 25.4 Å². The van der Waals surface area contributed by atoms with Crippen LogP contribution in [0.4, 0.5) is 4.39 Å². The van der Waals surface area contributed by atoms with Gasteiger partial charge in [0.15, 0.2) is 0 Å².